The van der Waals surface area contributed by atoms with Gasteiger partial charge in [0.15, 0.2) is 0 Å². The molecule has 1 aromatic carbocycles. The minimum atomic E-state index is -5.08. The molecule has 0 bridgehead atoms. The molecule has 0 amide bonds. The highest BCUT2D eigenvalue weighted by atomic mass is 32.2. The topological polar surface area (TPSA) is 195 Å². The van der Waals surface area contributed by atoms with Crippen molar-refractivity contribution >= 4 is 52.2 Å². The largest absolute Gasteiger partial charge is 0.490 e. The second-order valence-corrected chi connectivity index (χ2v) is 11.7. The SMILES string of the molecule is CN(c1ncccc1CNc1nc(Nc2ccc(P(=O)(O)O)cc2)ncc1C(F)(F)F)S(C)(=O)=O.O=C(O)C(F)(F)F. The van der Waals surface area contributed by atoms with E-state index in [9.17, 15) is 49.1 Å². The molecule has 0 spiro atoms. The predicted octanol–water partition coefficient (Wildman–Crippen LogP) is 3.08. The maximum atomic E-state index is 13.5. The van der Waals surface area contributed by atoms with E-state index in [-0.39, 0.29) is 29.3 Å². The van der Waals surface area contributed by atoms with Crippen molar-refractivity contribution in [1.82, 2.24) is 15.0 Å². The Morgan fingerprint density at radius 1 is 1.05 bits per heavy atom. The molecule has 0 radical (unpaired) electrons. The number of halogens is 6. The fourth-order valence-corrected chi connectivity index (χ4v) is 3.86. The monoisotopic (exact) mass is 646 g/mol. The number of alkyl halides is 6. The lowest BCUT2D eigenvalue weighted by Crippen LogP contribution is -2.27. The summed E-state index contributed by atoms with van der Waals surface area (Å²) in [6.45, 7) is -0.237. The molecule has 0 fully saturated rings. The van der Waals surface area contributed by atoms with Crippen molar-refractivity contribution in [3.05, 3.63) is 59.9 Å². The first-order valence-corrected chi connectivity index (χ1v) is 14.4. The number of hydrogen-bond donors (Lipinski definition) is 5. The Balaban J connectivity index is 0.000000782. The summed E-state index contributed by atoms with van der Waals surface area (Å²) in [6, 6.07) is 7.96. The van der Waals surface area contributed by atoms with Crippen molar-refractivity contribution in [1.29, 1.82) is 0 Å². The van der Waals surface area contributed by atoms with Gasteiger partial charge in [-0.2, -0.15) is 31.3 Å². The van der Waals surface area contributed by atoms with Crippen molar-refractivity contribution in [2.75, 3.05) is 28.2 Å². The van der Waals surface area contributed by atoms with Crippen molar-refractivity contribution < 1.29 is 59.0 Å². The van der Waals surface area contributed by atoms with E-state index in [0.717, 1.165) is 22.7 Å². The van der Waals surface area contributed by atoms with Gasteiger partial charge in [0.05, 0.1) is 11.6 Å². The van der Waals surface area contributed by atoms with Gasteiger partial charge >= 0.3 is 25.9 Å². The van der Waals surface area contributed by atoms with E-state index < -0.39 is 47.3 Å². The van der Waals surface area contributed by atoms with Gasteiger partial charge in [-0.3, -0.25) is 8.87 Å². The number of hydrogen-bond acceptors (Lipinski definition) is 9. The first-order valence-electron chi connectivity index (χ1n) is 10.9. The number of benzene rings is 1. The predicted molar refractivity (Wildman–Crippen MR) is 137 cm³/mol. The van der Waals surface area contributed by atoms with Crippen LogP contribution in [-0.2, 0) is 32.1 Å². The number of carboxylic acids is 1. The van der Waals surface area contributed by atoms with Crippen molar-refractivity contribution in [3.63, 3.8) is 0 Å². The number of pyridine rings is 1. The van der Waals surface area contributed by atoms with Crippen LogP contribution in [0, 0.1) is 0 Å². The second kappa shape index (κ2) is 12.9. The van der Waals surface area contributed by atoms with Crippen molar-refractivity contribution in [2.24, 2.45) is 0 Å². The summed E-state index contributed by atoms with van der Waals surface area (Å²) in [5, 5.41) is 12.1. The van der Waals surface area contributed by atoms with E-state index in [4.69, 9.17) is 9.90 Å². The van der Waals surface area contributed by atoms with Gasteiger partial charge in [0.2, 0.25) is 16.0 Å². The zero-order valence-corrected chi connectivity index (χ0v) is 22.9. The Labute approximate surface area is 233 Å². The highest BCUT2D eigenvalue weighted by molar-refractivity contribution is 7.92. The highest BCUT2D eigenvalue weighted by Gasteiger charge is 2.38. The van der Waals surface area contributed by atoms with Crippen molar-refractivity contribution in [2.45, 2.75) is 18.9 Å². The van der Waals surface area contributed by atoms with Crippen LogP contribution in [0.2, 0.25) is 0 Å². The van der Waals surface area contributed by atoms with E-state index in [0.29, 0.717) is 11.8 Å². The summed E-state index contributed by atoms with van der Waals surface area (Å²) in [4.78, 5) is 38.8. The number of sulfonamides is 1. The first-order chi connectivity index (χ1) is 19.1. The van der Waals surface area contributed by atoms with Gasteiger partial charge in [-0.25, -0.2) is 23.2 Å². The third kappa shape index (κ3) is 9.82. The Morgan fingerprint density at radius 3 is 2.10 bits per heavy atom. The lowest BCUT2D eigenvalue weighted by Gasteiger charge is -2.20. The van der Waals surface area contributed by atoms with E-state index in [1.54, 1.807) is 0 Å². The van der Waals surface area contributed by atoms with Gasteiger partial charge < -0.3 is 25.5 Å². The summed E-state index contributed by atoms with van der Waals surface area (Å²) in [5.74, 6) is -3.51. The fraction of sp³-hybridized carbons (Fsp3) is 0.238. The molecule has 3 rings (SSSR count). The number of nitrogens with zero attached hydrogens (tertiary/aromatic N) is 4. The summed E-state index contributed by atoms with van der Waals surface area (Å²) in [7, 11) is -6.85. The van der Waals surface area contributed by atoms with Crippen LogP contribution in [0.1, 0.15) is 11.1 Å². The highest BCUT2D eigenvalue weighted by Crippen LogP contribution is 2.35. The average Bonchev–Trinajstić information content (AvgIpc) is 2.85. The van der Waals surface area contributed by atoms with Crippen LogP contribution >= 0.6 is 7.60 Å². The van der Waals surface area contributed by atoms with Gasteiger partial charge in [0, 0.05) is 37.2 Å². The number of nitrogens with one attached hydrogen (secondary N) is 2. The summed E-state index contributed by atoms with van der Waals surface area (Å²) in [5.41, 5.74) is -0.575. The average molecular weight is 646 g/mol. The second-order valence-electron chi connectivity index (χ2n) is 8.04. The minimum Gasteiger partial charge on any atom is -0.475 e. The smallest absolute Gasteiger partial charge is 0.475 e. The molecule has 3 aromatic rings. The normalized spacial score (nSPS) is 12.1. The van der Waals surface area contributed by atoms with Gasteiger partial charge in [0.25, 0.3) is 0 Å². The number of anilines is 4. The molecule has 0 aliphatic carbocycles. The van der Waals surface area contributed by atoms with Gasteiger partial charge in [0.1, 0.15) is 17.2 Å². The van der Waals surface area contributed by atoms with E-state index in [2.05, 4.69) is 25.6 Å². The summed E-state index contributed by atoms with van der Waals surface area (Å²) in [6.07, 6.45) is -6.97. The fourth-order valence-electron chi connectivity index (χ4n) is 2.84. The molecule has 21 heteroatoms. The lowest BCUT2D eigenvalue weighted by molar-refractivity contribution is -0.192. The molecular formula is C21H21F6N6O7PS. The molecule has 2 aromatic heterocycles. The molecule has 0 aliphatic heterocycles. The van der Waals surface area contributed by atoms with E-state index >= 15 is 0 Å². The van der Waals surface area contributed by atoms with Crippen molar-refractivity contribution in [3.8, 4) is 0 Å². The van der Waals surface area contributed by atoms with Crippen LogP contribution in [0.15, 0.2) is 48.8 Å². The molecular weight excluding hydrogens is 625 g/mol. The zero-order valence-electron chi connectivity index (χ0n) is 21.2. The molecule has 0 unspecified atom stereocenters. The maximum Gasteiger partial charge on any atom is 0.490 e. The van der Waals surface area contributed by atoms with Gasteiger partial charge in [-0.15, -0.1) is 0 Å². The minimum absolute atomic E-state index is 0.0357. The molecule has 0 atom stereocenters. The number of rotatable bonds is 8. The molecule has 5 N–H and O–H groups in total. The van der Waals surface area contributed by atoms with Gasteiger partial charge in [-0.1, -0.05) is 6.07 Å². The van der Waals surface area contributed by atoms with Crippen LogP contribution < -0.4 is 20.2 Å². The van der Waals surface area contributed by atoms with Crippen LogP contribution in [0.3, 0.4) is 0 Å². The van der Waals surface area contributed by atoms with E-state index in [1.807, 2.05) is 0 Å². The molecule has 230 valence electrons. The Morgan fingerprint density at radius 2 is 1.62 bits per heavy atom. The standard InChI is InChI=1S/C19H20F3N6O5PS.C2HF3O2/c1-28(35(2,32)33)17-12(4-3-9-23-17)10-24-16-15(19(20,21)22)11-25-18(27-16)26-13-5-7-14(8-6-13)34(29,30)31;3-2(4,5)1(6)7/h3-9,11H,10H2,1-2H3,(H2,29,30,31)(H2,24,25,26,27);(H,6,7). The Hall–Kier alpha value is -4.00. The molecule has 42 heavy (non-hydrogen) atoms. The summed E-state index contributed by atoms with van der Waals surface area (Å²) < 4.78 is 108. The number of aromatic nitrogens is 3. The molecule has 0 saturated heterocycles. The third-order valence-corrected chi connectivity index (χ3v) is 7.04. The van der Waals surface area contributed by atoms with Gasteiger partial charge in [-0.05, 0) is 30.3 Å². The van der Waals surface area contributed by atoms with Crippen LogP contribution in [0.25, 0.3) is 0 Å². The quantitative estimate of drug-likeness (QED) is 0.178. The Kier molecular flexibility index (Phi) is 10.5. The number of carbonyl (C=O) groups is 1. The van der Waals surface area contributed by atoms with Crippen LogP contribution in [0.5, 0.6) is 0 Å². The zero-order chi connectivity index (χ0) is 32.1. The van der Waals surface area contributed by atoms with Crippen LogP contribution in [-0.4, -0.2) is 63.7 Å². The van der Waals surface area contributed by atoms with Crippen LogP contribution in [0.4, 0.5) is 49.6 Å². The number of carboxylic acid groups (broad SMARTS) is 1. The Bertz CT molecular complexity index is 1570. The number of aliphatic carboxylic acids is 1. The molecule has 2 heterocycles. The van der Waals surface area contributed by atoms with E-state index in [1.165, 1.54) is 37.5 Å². The summed E-state index contributed by atoms with van der Waals surface area (Å²) >= 11 is 0. The molecule has 0 aliphatic rings. The lowest BCUT2D eigenvalue weighted by atomic mass is 10.2. The first kappa shape index (κ1) is 34.2. The molecule has 13 nitrogen and oxygen atoms in total. The molecule has 0 saturated carbocycles. The third-order valence-electron chi connectivity index (χ3n) is 4.91. The maximum absolute atomic E-state index is 13.5.